The van der Waals surface area contributed by atoms with Gasteiger partial charge in [-0.05, 0) is 42.9 Å². The van der Waals surface area contributed by atoms with Crippen LogP contribution in [-0.2, 0) is 9.84 Å². The van der Waals surface area contributed by atoms with Gasteiger partial charge in [0.05, 0.1) is 12.9 Å². The van der Waals surface area contributed by atoms with Gasteiger partial charge in [0.2, 0.25) is 0 Å². The van der Waals surface area contributed by atoms with E-state index in [9.17, 15) is 8.42 Å². The minimum Gasteiger partial charge on any atom is -0.497 e. The first-order valence-corrected chi connectivity index (χ1v) is 11.1. The molecular formula is C19H31N3O3S. The van der Waals surface area contributed by atoms with Crippen molar-refractivity contribution in [2.45, 2.75) is 32.1 Å². The van der Waals surface area contributed by atoms with E-state index in [0.717, 1.165) is 37.5 Å². The van der Waals surface area contributed by atoms with E-state index in [0.29, 0.717) is 12.5 Å². The molecule has 1 saturated carbocycles. The van der Waals surface area contributed by atoms with E-state index in [-0.39, 0.29) is 11.2 Å². The second-order valence-electron chi connectivity index (χ2n) is 7.39. The Morgan fingerprint density at radius 1 is 1.27 bits per heavy atom. The zero-order valence-corrected chi connectivity index (χ0v) is 17.0. The van der Waals surface area contributed by atoms with Crippen LogP contribution in [0.4, 0.5) is 0 Å². The average Bonchev–Trinajstić information content (AvgIpc) is 3.35. The molecular weight excluding hydrogens is 350 g/mol. The second kappa shape index (κ2) is 8.75. The molecule has 0 amide bonds. The van der Waals surface area contributed by atoms with E-state index in [1.165, 1.54) is 11.8 Å². The molecule has 1 aromatic rings. The van der Waals surface area contributed by atoms with Gasteiger partial charge in [-0.2, -0.15) is 0 Å². The molecule has 6 nitrogen and oxygen atoms in total. The Kier molecular flexibility index (Phi) is 6.92. The lowest BCUT2D eigenvalue weighted by atomic mass is 9.98. The number of aliphatic imine (C=N–C) groups is 1. The van der Waals surface area contributed by atoms with Crippen LogP contribution in [0.2, 0.25) is 0 Å². The molecule has 0 bridgehead atoms. The normalized spacial score (nSPS) is 17.5. The van der Waals surface area contributed by atoms with Crippen LogP contribution in [0.1, 0.15) is 37.7 Å². The van der Waals surface area contributed by atoms with Gasteiger partial charge in [0, 0.05) is 31.8 Å². The van der Waals surface area contributed by atoms with Gasteiger partial charge < -0.3 is 15.4 Å². The van der Waals surface area contributed by atoms with Crippen LogP contribution < -0.4 is 15.4 Å². The molecule has 0 aliphatic heterocycles. The van der Waals surface area contributed by atoms with Crippen LogP contribution in [0.25, 0.3) is 0 Å². The quantitative estimate of drug-likeness (QED) is 0.506. The highest BCUT2D eigenvalue weighted by Gasteiger charge is 2.45. The number of nitrogens with one attached hydrogen (secondary N) is 2. The van der Waals surface area contributed by atoms with Gasteiger partial charge >= 0.3 is 0 Å². The first-order chi connectivity index (χ1) is 12.3. The summed E-state index contributed by atoms with van der Waals surface area (Å²) in [6, 6.07) is 8.16. The predicted molar refractivity (Wildman–Crippen MR) is 107 cm³/mol. The maximum absolute atomic E-state index is 11.5. The van der Waals surface area contributed by atoms with Crippen LogP contribution in [0.15, 0.2) is 29.3 Å². The van der Waals surface area contributed by atoms with Crippen LogP contribution in [-0.4, -0.2) is 53.6 Å². The minimum atomic E-state index is -2.95. The molecule has 1 aromatic carbocycles. The number of nitrogens with zero attached hydrogens (tertiary/aromatic N) is 1. The van der Waals surface area contributed by atoms with E-state index in [1.54, 1.807) is 14.2 Å². The SMILES string of the molecule is CN=C(NCCC(C)c1ccc(OC)cc1)NCC1(CS(C)(=O)=O)CC1. The van der Waals surface area contributed by atoms with Crippen molar-refractivity contribution in [1.29, 1.82) is 0 Å². The van der Waals surface area contributed by atoms with Crippen LogP contribution in [0, 0.1) is 5.41 Å². The van der Waals surface area contributed by atoms with E-state index < -0.39 is 9.84 Å². The fraction of sp³-hybridized carbons (Fsp3) is 0.632. The zero-order valence-electron chi connectivity index (χ0n) is 16.2. The molecule has 0 saturated heterocycles. The number of rotatable bonds is 9. The predicted octanol–water partition coefficient (Wildman–Crippen LogP) is 2.18. The summed E-state index contributed by atoms with van der Waals surface area (Å²) in [7, 11) is 0.457. The Bertz CT molecular complexity index is 710. The van der Waals surface area contributed by atoms with Gasteiger partial charge in [-0.1, -0.05) is 19.1 Å². The third-order valence-corrected chi connectivity index (χ3v) is 6.07. The topological polar surface area (TPSA) is 79.8 Å². The lowest BCUT2D eigenvalue weighted by Crippen LogP contribution is -2.42. The van der Waals surface area contributed by atoms with Gasteiger partial charge in [0.25, 0.3) is 0 Å². The second-order valence-corrected chi connectivity index (χ2v) is 9.53. The Labute approximate surface area is 157 Å². The first kappa shape index (κ1) is 20.6. The molecule has 0 aromatic heterocycles. The van der Waals surface area contributed by atoms with Gasteiger partial charge in [-0.15, -0.1) is 0 Å². The number of methoxy groups -OCH3 is 1. The lowest BCUT2D eigenvalue weighted by molar-refractivity contribution is 0.414. The fourth-order valence-electron chi connectivity index (χ4n) is 3.10. The van der Waals surface area contributed by atoms with Gasteiger partial charge in [-0.3, -0.25) is 4.99 Å². The molecule has 1 unspecified atom stereocenters. The number of sulfone groups is 1. The maximum Gasteiger partial charge on any atom is 0.190 e. The number of guanidine groups is 1. The number of hydrogen-bond donors (Lipinski definition) is 2. The molecule has 146 valence electrons. The Morgan fingerprint density at radius 3 is 2.42 bits per heavy atom. The number of ether oxygens (including phenoxy) is 1. The third kappa shape index (κ3) is 6.52. The molecule has 0 radical (unpaired) electrons. The van der Waals surface area contributed by atoms with Gasteiger partial charge in [0.1, 0.15) is 15.6 Å². The summed E-state index contributed by atoms with van der Waals surface area (Å²) in [5.41, 5.74) is 1.17. The monoisotopic (exact) mass is 381 g/mol. The third-order valence-electron chi connectivity index (χ3n) is 4.93. The summed E-state index contributed by atoms with van der Waals surface area (Å²) < 4.78 is 28.3. The molecule has 26 heavy (non-hydrogen) atoms. The van der Waals surface area contributed by atoms with Crippen molar-refractivity contribution in [2.75, 3.05) is 39.3 Å². The summed E-state index contributed by atoms with van der Waals surface area (Å²) in [6.07, 6.45) is 4.19. The molecule has 1 atom stereocenters. The fourth-order valence-corrected chi connectivity index (χ4v) is 4.61. The van der Waals surface area contributed by atoms with Crippen molar-refractivity contribution in [3.63, 3.8) is 0 Å². The number of benzene rings is 1. The molecule has 0 spiro atoms. The molecule has 2 rings (SSSR count). The Morgan fingerprint density at radius 2 is 1.92 bits per heavy atom. The smallest absolute Gasteiger partial charge is 0.190 e. The molecule has 7 heteroatoms. The summed E-state index contributed by atoms with van der Waals surface area (Å²) in [4.78, 5) is 4.24. The highest BCUT2D eigenvalue weighted by molar-refractivity contribution is 7.90. The molecule has 0 heterocycles. The van der Waals surface area contributed by atoms with Crippen LogP contribution >= 0.6 is 0 Å². The molecule has 1 aliphatic rings. The van der Waals surface area contributed by atoms with Crippen molar-refractivity contribution in [3.05, 3.63) is 29.8 Å². The minimum absolute atomic E-state index is 0.110. The summed E-state index contributed by atoms with van der Waals surface area (Å²) in [6.45, 7) is 3.64. The van der Waals surface area contributed by atoms with Crippen molar-refractivity contribution in [2.24, 2.45) is 10.4 Å². The Hall–Kier alpha value is -1.76. The van der Waals surface area contributed by atoms with Crippen LogP contribution in [0.3, 0.4) is 0 Å². The van der Waals surface area contributed by atoms with Crippen molar-refractivity contribution >= 4 is 15.8 Å². The molecule has 1 aliphatic carbocycles. The van der Waals surface area contributed by atoms with Gasteiger partial charge in [0.15, 0.2) is 5.96 Å². The van der Waals surface area contributed by atoms with Crippen molar-refractivity contribution < 1.29 is 13.2 Å². The number of hydrogen-bond acceptors (Lipinski definition) is 4. The van der Waals surface area contributed by atoms with Crippen molar-refractivity contribution in [1.82, 2.24) is 10.6 Å². The van der Waals surface area contributed by atoms with Gasteiger partial charge in [-0.25, -0.2) is 8.42 Å². The van der Waals surface area contributed by atoms with Crippen molar-refractivity contribution in [3.8, 4) is 5.75 Å². The lowest BCUT2D eigenvalue weighted by Gasteiger charge is -2.19. The first-order valence-electron chi connectivity index (χ1n) is 9.03. The average molecular weight is 382 g/mol. The van der Waals surface area contributed by atoms with E-state index in [1.807, 2.05) is 12.1 Å². The maximum atomic E-state index is 11.5. The highest BCUT2D eigenvalue weighted by Crippen LogP contribution is 2.45. The summed E-state index contributed by atoms with van der Waals surface area (Å²) in [5.74, 6) is 2.27. The highest BCUT2D eigenvalue weighted by atomic mass is 32.2. The summed E-state index contributed by atoms with van der Waals surface area (Å²) >= 11 is 0. The largest absolute Gasteiger partial charge is 0.497 e. The molecule has 1 fully saturated rings. The van der Waals surface area contributed by atoms with E-state index >= 15 is 0 Å². The van der Waals surface area contributed by atoms with E-state index in [4.69, 9.17) is 4.74 Å². The Balaban J connectivity index is 1.75. The zero-order chi connectivity index (χ0) is 19.2. The van der Waals surface area contributed by atoms with E-state index in [2.05, 4.69) is 34.7 Å². The summed E-state index contributed by atoms with van der Waals surface area (Å²) in [5, 5.41) is 6.60. The molecule has 2 N–H and O–H groups in total. The standard InChI is InChI=1S/C19H31N3O3S/c1-15(16-5-7-17(25-3)8-6-16)9-12-21-18(20-2)22-13-19(10-11-19)14-26(4,23)24/h5-8,15H,9-14H2,1-4H3,(H2,20,21,22). The van der Waals surface area contributed by atoms with Crippen LogP contribution in [0.5, 0.6) is 5.75 Å².